The summed E-state index contributed by atoms with van der Waals surface area (Å²) in [5.74, 6) is -0.0841. The van der Waals surface area contributed by atoms with E-state index in [4.69, 9.17) is 10.5 Å². The van der Waals surface area contributed by atoms with E-state index in [2.05, 4.69) is 4.98 Å². The average Bonchev–Trinajstić information content (AvgIpc) is 2.71. The van der Waals surface area contributed by atoms with Gasteiger partial charge in [0.05, 0.1) is 12.6 Å². The summed E-state index contributed by atoms with van der Waals surface area (Å²) in [7, 11) is 1.60. The number of pyridine rings is 1. The van der Waals surface area contributed by atoms with Gasteiger partial charge in [-0.25, -0.2) is 4.98 Å². The third-order valence-corrected chi connectivity index (χ3v) is 4.95. The molecule has 4 rings (SSSR count). The Balaban J connectivity index is 1.70. The Morgan fingerprint density at radius 1 is 1.11 bits per heavy atom. The number of hydrogen-bond donors (Lipinski definition) is 1. The zero-order valence-electron chi connectivity index (χ0n) is 14.9. The minimum absolute atomic E-state index is 0.290. The van der Waals surface area contributed by atoms with Crippen LogP contribution in [-0.2, 0) is 17.8 Å². The Bertz CT molecular complexity index is 1050. The predicted octanol–water partition coefficient (Wildman–Crippen LogP) is 2.30. The fraction of sp³-hybridized carbons (Fsp3) is 0.190. The number of nitrogens with two attached hydrogens (primary N) is 1. The van der Waals surface area contributed by atoms with Gasteiger partial charge < -0.3 is 15.4 Å². The molecule has 1 aliphatic rings. The van der Waals surface area contributed by atoms with E-state index in [0.717, 1.165) is 22.3 Å². The van der Waals surface area contributed by atoms with E-state index in [9.17, 15) is 9.59 Å². The molecule has 1 aromatic heterocycles. The number of primary amides is 1. The van der Waals surface area contributed by atoms with Gasteiger partial charge in [-0.15, -0.1) is 0 Å². The van der Waals surface area contributed by atoms with Crippen molar-refractivity contribution in [3.63, 3.8) is 0 Å². The highest BCUT2D eigenvalue weighted by Gasteiger charge is 2.34. The molecule has 0 saturated carbocycles. The number of rotatable bonds is 3. The zero-order valence-corrected chi connectivity index (χ0v) is 14.9. The third-order valence-electron chi connectivity index (χ3n) is 4.95. The first-order chi connectivity index (χ1) is 13.1. The molecule has 1 aliphatic heterocycles. The van der Waals surface area contributed by atoms with Crippen molar-refractivity contribution in [3.8, 4) is 5.75 Å². The maximum Gasteiger partial charge on any atom is 0.273 e. The molecule has 27 heavy (non-hydrogen) atoms. The van der Waals surface area contributed by atoms with Gasteiger partial charge in [-0.05, 0) is 35.4 Å². The monoisotopic (exact) mass is 361 g/mol. The van der Waals surface area contributed by atoms with Crippen LogP contribution in [-0.4, -0.2) is 34.8 Å². The number of fused-ring (bicyclic) bond motifs is 2. The Labute approximate surface area is 156 Å². The van der Waals surface area contributed by atoms with E-state index in [1.54, 1.807) is 19.2 Å². The molecule has 0 aliphatic carbocycles. The topological polar surface area (TPSA) is 85.5 Å². The maximum absolute atomic E-state index is 13.1. The highest BCUT2D eigenvalue weighted by Crippen LogP contribution is 2.26. The van der Waals surface area contributed by atoms with Gasteiger partial charge in [0.25, 0.3) is 5.91 Å². The molecule has 3 aromatic rings. The number of carbonyl (C=O) groups is 2. The highest BCUT2D eigenvalue weighted by atomic mass is 16.5. The smallest absolute Gasteiger partial charge is 0.273 e. The molecule has 0 spiro atoms. The standard InChI is InChI=1S/C21H19N3O3/c1-27-16-7-9-17-14(10-16)6-8-18(23-17)21(26)24-12-15-5-3-2-4-13(15)11-19(24)20(22)25/h2-10,19H,11-12H2,1H3,(H2,22,25). The van der Waals surface area contributed by atoms with Crippen molar-refractivity contribution in [2.24, 2.45) is 5.73 Å². The van der Waals surface area contributed by atoms with Crippen molar-refractivity contribution in [1.29, 1.82) is 0 Å². The van der Waals surface area contributed by atoms with Crippen LogP contribution in [0.3, 0.4) is 0 Å². The number of carbonyl (C=O) groups excluding carboxylic acids is 2. The van der Waals surface area contributed by atoms with Crippen LogP contribution in [0.4, 0.5) is 0 Å². The molecule has 2 N–H and O–H groups in total. The number of aromatic nitrogens is 1. The first-order valence-electron chi connectivity index (χ1n) is 8.68. The average molecular weight is 361 g/mol. The lowest BCUT2D eigenvalue weighted by Gasteiger charge is -2.34. The third kappa shape index (κ3) is 3.10. The molecule has 0 radical (unpaired) electrons. The van der Waals surface area contributed by atoms with Crippen LogP contribution >= 0.6 is 0 Å². The van der Waals surface area contributed by atoms with Crippen molar-refractivity contribution < 1.29 is 14.3 Å². The van der Waals surface area contributed by atoms with Gasteiger partial charge in [0.2, 0.25) is 5.91 Å². The van der Waals surface area contributed by atoms with E-state index in [0.29, 0.717) is 24.2 Å². The fourth-order valence-electron chi connectivity index (χ4n) is 3.49. The molecule has 136 valence electrons. The van der Waals surface area contributed by atoms with Gasteiger partial charge in [-0.1, -0.05) is 30.3 Å². The quantitative estimate of drug-likeness (QED) is 0.776. The number of nitrogens with zero attached hydrogens (tertiary/aromatic N) is 2. The number of benzene rings is 2. The molecule has 1 unspecified atom stereocenters. The second-order valence-corrected chi connectivity index (χ2v) is 6.58. The molecule has 6 nitrogen and oxygen atoms in total. The Hall–Kier alpha value is -3.41. The van der Waals surface area contributed by atoms with E-state index in [-0.39, 0.29) is 5.91 Å². The number of methoxy groups -OCH3 is 1. The summed E-state index contributed by atoms with van der Waals surface area (Å²) in [6, 6.07) is 16.1. The van der Waals surface area contributed by atoms with E-state index < -0.39 is 11.9 Å². The normalized spacial score (nSPS) is 16.0. The van der Waals surface area contributed by atoms with Gasteiger partial charge in [0.1, 0.15) is 17.5 Å². The fourth-order valence-corrected chi connectivity index (χ4v) is 3.49. The Kier molecular flexibility index (Phi) is 4.24. The van der Waals surface area contributed by atoms with Crippen LogP contribution in [0.15, 0.2) is 54.6 Å². The van der Waals surface area contributed by atoms with Gasteiger partial charge >= 0.3 is 0 Å². The Morgan fingerprint density at radius 2 is 1.89 bits per heavy atom. The second-order valence-electron chi connectivity index (χ2n) is 6.58. The van der Waals surface area contributed by atoms with Gasteiger partial charge in [-0.2, -0.15) is 0 Å². The van der Waals surface area contributed by atoms with Crippen molar-refractivity contribution >= 4 is 22.7 Å². The van der Waals surface area contributed by atoms with Crippen LogP contribution < -0.4 is 10.5 Å². The van der Waals surface area contributed by atoms with E-state index in [1.807, 2.05) is 42.5 Å². The molecule has 6 heteroatoms. The summed E-state index contributed by atoms with van der Waals surface area (Å²) in [5.41, 5.74) is 8.63. The van der Waals surface area contributed by atoms with E-state index >= 15 is 0 Å². The number of hydrogen-bond acceptors (Lipinski definition) is 4. The number of ether oxygens (including phenoxy) is 1. The molecular weight excluding hydrogens is 342 g/mol. The molecule has 2 heterocycles. The SMILES string of the molecule is COc1ccc2nc(C(=O)N3Cc4ccccc4CC3C(N)=O)ccc2c1. The van der Waals surface area contributed by atoms with Crippen LogP contribution in [0.2, 0.25) is 0 Å². The maximum atomic E-state index is 13.1. The zero-order chi connectivity index (χ0) is 19.0. The minimum atomic E-state index is -0.680. The summed E-state index contributed by atoms with van der Waals surface area (Å²) < 4.78 is 5.21. The predicted molar refractivity (Wildman–Crippen MR) is 101 cm³/mol. The van der Waals surface area contributed by atoms with Crippen LogP contribution in [0.25, 0.3) is 10.9 Å². The van der Waals surface area contributed by atoms with Gasteiger partial charge in [-0.3, -0.25) is 9.59 Å². The Morgan fingerprint density at radius 3 is 2.63 bits per heavy atom. The molecule has 0 fully saturated rings. The molecular formula is C21H19N3O3. The van der Waals surface area contributed by atoms with E-state index in [1.165, 1.54) is 4.90 Å². The largest absolute Gasteiger partial charge is 0.497 e. The van der Waals surface area contributed by atoms with Crippen molar-refractivity contribution in [2.75, 3.05) is 7.11 Å². The summed E-state index contributed by atoms with van der Waals surface area (Å²) in [6.45, 7) is 0.338. The first kappa shape index (κ1) is 17.0. The van der Waals surface area contributed by atoms with Gasteiger partial charge in [0.15, 0.2) is 0 Å². The lowest BCUT2D eigenvalue weighted by Crippen LogP contribution is -2.51. The molecule has 2 aromatic carbocycles. The minimum Gasteiger partial charge on any atom is -0.497 e. The van der Waals surface area contributed by atoms with Crippen molar-refractivity contribution in [2.45, 2.75) is 19.0 Å². The van der Waals surface area contributed by atoms with Crippen LogP contribution in [0.5, 0.6) is 5.75 Å². The van der Waals surface area contributed by atoms with Crippen molar-refractivity contribution in [3.05, 3.63) is 71.4 Å². The summed E-state index contributed by atoms with van der Waals surface area (Å²) in [5, 5.41) is 0.876. The lowest BCUT2D eigenvalue weighted by atomic mass is 9.93. The van der Waals surface area contributed by atoms with Gasteiger partial charge in [0, 0.05) is 18.4 Å². The van der Waals surface area contributed by atoms with Crippen LogP contribution in [0.1, 0.15) is 21.6 Å². The van der Waals surface area contributed by atoms with Crippen LogP contribution in [0, 0.1) is 0 Å². The molecule has 1 atom stereocenters. The highest BCUT2D eigenvalue weighted by molar-refractivity contribution is 5.98. The second kappa shape index (κ2) is 6.72. The molecule has 0 saturated heterocycles. The molecule has 0 bridgehead atoms. The lowest BCUT2D eigenvalue weighted by molar-refractivity contribution is -0.122. The van der Waals surface area contributed by atoms with Crippen molar-refractivity contribution in [1.82, 2.24) is 9.88 Å². The first-order valence-corrected chi connectivity index (χ1v) is 8.68. The number of amides is 2. The molecule has 2 amide bonds. The summed E-state index contributed by atoms with van der Waals surface area (Å²) in [4.78, 5) is 31.1. The summed E-state index contributed by atoms with van der Waals surface area (Å²) >= 11 is 0. The summed E-state index contributed by atoms with van der Waals surface area (Å²) in [6.07, 6.45) is 0.419.